The fourth-order valence-corrected chi connectivity index (χ4v) is 11.5. The van der Waals surface area contributed by atoms with Crippen molar-refractivity contribution < 1.29 is 19.8 Å². The maximum Gasteiger partial charge on any atom is 0.336 e. The van der Waals surface area contributed by atoms with E-state index >= 15 is 0 Å². The number of hydrogen-bond donors (Lipinski definition) is 2. The summed E-state index contributed by atoms with van der Waals surface area (Å²) in [4.78, 5) is 25.0. The summed E-state index contributed by atoms with van der Waals surface area (Å²) in [5.74, 6) is 2.78. The van der Waals surface area contributed by atoms with E-state index in [1.807, 2.05) is 0 Å². The molecule has 0 spiro atoms. The third-order valence-corrected chi connectivity index (χ3v) is 12.1. The molecule has 2 N–H and O–H groups in total. The second-order valence-corrected chi connectivity index (χ2v) is 14.5. The van der Waals surface area contributed by atoms with Gasteiger partial charge >= 0.3 is 11.9 Å². The Kier molecular flexibility index (Phi) is 4.88. The van der Waals surface area contributed by atoms with Crippen molar-refractivity contribution in [2.45, 2.75) is 87.9 Å². The molecule has 0 aromatic heterocycles. The zero-order valence-corrected chi connectivity index (χ0v) is 22.1. The minimum Gasteiger partial charge on any atom is -0.478 e. The summed E-state index contributed by atoms with van der Waals surface area (Å²) in [6, 6.07) is 11.9. The highest BCUT2D eigenvalue weighted by Gasteiger charge is 2.53. The first-order chi connectivity index (χ1) is 18.3. The van der Waals surface area contributed by atoms with Crippen molar-refractivity contribution in [1.82, 2.24) is 0 Å². The first-order valence-electron chi connectivity index (χ1n) is 15.1. The van der Waals surface area contributed by atoms with Crippen LogP contribution in [0, 0.1) is 35.5 Å². The quantitative estimate of drug-likeness (QED) is 0.432. The van der Waals surface area contributed by atoms with Gasteiger partial charge in [-0.2, -0.15) is 0 Å². The van der Waals surface area contributed by atoms with Crippen molar-refractivity contribution in [2.24, 2.45) is 35.5 Å². The summed E-state index contributed by atoms with van der Waals surface area (Å²) < 4.78 is 0. The molecule has 8 bridgehead atoms. The Morgan fingerprint density at radius 1 is 0.526 bits per heavy atom. The molecule has 10 rings (SSSR count). The molecule has 0 amide bonds. The predicted molar refractivity (Wildman–Crippen MR) is 145 cm³/mol. The van der Waals surface area contributed by atoms with Crippen molar-refractivity contribution in [2.75, 3.05) is 0 Å². The SMILES string of the molecule is O=C(O)c1ccc(C23CC4CC(CC(C4)C2)C3)cc1-c1cc(C23CC4CC(CC(C4)C2)C3)ccc1C(=O)O. The van der Waals surface area contributed by atoms with Crippen molar-refractivity contribution in [1.29, 1.82) is 0 Å². The molecule has 8 fully saturated rings. The van der Waals surface area contributed by atoms with Crippen LogP contribution in [0.15, 0.2) is 36.4 Å². The molecule has 8 saturated carbocycles. The van der Waals surface area contributed by atoms with Crippen LogP contribution >= 0.6 is 0 Å². The number of carboxylic acid groups (broad SMARTS) is 2. The van der Waals surface area contributed by atoms with Crippen LogP contribution in [-0.4, -0.2) is 22.2 Å². The molecule has 0 heterocycles. The molecule has 38 heavy (non-hydrogen) atoms. The first kappa shape index (κ1) is 23.3. The monoisotopic (exact) mass is 510 g/mol. The number of aromatic carboxylic acids is 2. The molecular weight excluding hydrogens is 472 g/mol. The van der Waals surface area contributed by atoms with E-state index in [0.29, 0.717) is 11.1 Å². The van der Waals surface area contributed by atoms with Crippen LogP contribution in [0.3, 0.4) is 0 Å². The molecule has 0 atom stereocenters. The number of benzene rings is 2. The summed E-state index contributed by atoms with van der Waals surface area (Å²) in [5.41, 5.74) is 4.40. The Hall–Kier alpha value is -2.62. The lowest BCUT2D eigenvalue weighted by molar-refractivity contribution is -0.00536. The Balaban J connectivity index is 1.27. The Morgan fingerprint density at radius 2 is 0.816 bits per heavy atom. The molecule has 0 unspecified atom stereocenters. The predicted octanol–water partition coefficient (Wildman–Crippen LogP) is 7.69. The topological polar surface area (TPSA) is 74.6 Å². The van der Waals surface area contributed by atoms with Gasteiger partial charge in [-0.1, -0.05) is 12.1 Å². The summed E-state index contributed by atoms with van der Waals surface area (Å²) in [7, 11) is 0. The van der Waals surface area contributed by atoms with Crippen molar-refractivity contribution in [3.05, 3.63) is 58.7 Å². The molecule has 8 aliphatic carbocycles. The Bertz CT molecular complexity index is 1180. The highest BCUT2D eigenvalue weighted by Crippen LogP contribution is 2.62. The van der Waals surface area contributed by atoms with E-state index in [9.17, 15) is 19.8 Å². The van der Waals surface area contributed by atoms with Gasteiger partial charge < -0.3 is 10.2 Å². The van der Waals surface area contributed by atoms with Crippen LogP contribution < -0.4 is 0 Å². The fraction of sp³-hybridized carbons (Fsp3) is 0.588. The zero-order valence-electron chi connectivity index (χ0n) is 22.1. The van der Waals surface area contributed by atoms with Gasteiger partial charge in [0.15, 0.2) is 0 Å². The van der Waals surface area contributed by atoms with Gasteiger partial charge in [0.1, 0.15) is 0 Å². The lowest BCUT2D eigenvalue weighted by Crippen LogP contribution is -2.48. The second kappa shape index (κ2) is 7.96. The van der Waals surface area contributed by atoms with Crippen LogP contribution in [0.25, 0.3) is 11.1 Å². The van der Waals surface area contributed by atoms with Gasteiger partial charge in [0, 0.05) is 0 Å². The number of carboxylic acids is 2. The molecule has 2 aromatic rings. The van der Waals surface area contributed by atoms with E-state index in [2.05, 4.69) is 24.3 Å². The number of carbonyl (C=O) groups is 2. The third kappa shape index (κ3) is 3.41. The maximum atomic E-state index is 12.5. The van der Waals surface area contributed by atoms with Crippen LogP contribution in [-0.2, 0) is 10.8 Å². The van der Waals surface area contributed by atoms with E-state index in [0.717, 1.165) is 35.5 Å². The standard InChI is InChI=1S/C34H38O4/c35-31(36)27-3-1-25(33-13-19-5-20(14-33)7-21(6-19)15-33)11-29(27)30-12-26(2-4-28(30)32(37)38)34-16-22-8-23(17-34)10-24(9-22)18-34/h1-4,11-12,19-24H,5-10,13-18H2,(H,35,36)(H,37,38). The molecule has 8 aliphatic rings. The average molecular weight is 511 g/mol. The second-order valence-electron chi connectivity index (χ2n) is 14.5. The van der Waals surface area contributed by atoms with Gasteiger partial charge in [0.2, 0.25) is 0 Å². The van der Waals surface area contributed by atoms with Gasteiger partial charge in [-0.15, -0.1) is 0 Å². The van der Waals surface area contributed by atoms with Crippen molar-refractivity contribution in [3.63, 3.8) is 0 Å². The van der Waals surface area contributed by atoms with E-state index in [1.54, 1.807) is 12.1 Å². The molecule has 0 saturated heterocycles. The van der Waals surface area contributed by atoms with Crippen LogP contribution in [0.5, 0.6) is 0 Å². The minimum absolute atomic E-state index is 0.126. The zero-order chi connectivity index (χ0) is 25.8. The average Bonchev–Trinajstić information content (AvgIpc) is 2.86. The summed E-state index contributed by atoms with van der Waals surface area (Å²) >= 11 is 0. The molecule has 4 nitrogen and oxygen atoms in total. The number of rotatable bonds is 5. The lowest BCUT2D eigenvalue weighted by Gasteiger charge is -2.57. The molecule has 2 aromatic carbocycles. The van der Waals surface area contributed by atoms with Gasteiger partial charge in [0.05, 0.1) is 11.1 Å². The molecule has 4 heteroatoms. The van der Waals surface area contributed by atoms with Crippen LogP contribution in [0.4, 0.5) is 0 Å². The highest BCUT2D eigenvalue weighted by molar-refractivity contribution is 6.02. The highest BCUT2D eigenvalue weighted by atomic mass is 16.4. The summed E-state index contributed by atoms with van der Waals surface area (Å²) in [6.07, 6.45) is 15.3. The molecule has 0 radical (unpaired) electrons. The summed E-state index contributed by atoms with van der Waals surface area (Å²) in [6.45, 7) is 0. The normalized spacial score (nSPS) is 40.0. The fourth-order valence-electron chi connectivity index (χ4n) is 11.5. The van der Waals surface area contributed by atoms with Gasteiger partial charge in [0.25, 0.3) is 0 Å². The lowest BCUT2D eigenvalue weighted by atomic mass is 9.48. The maximum absolute atomic E-state index is 12.5. The number of hydrogen-bond acceptors (Lipinski definition) is 2. The van der Waals surface area contributed by atoms with E-state index < -0.39 is 11.9 Å². The van der Waals surface area contributed by atoms with Crippen LogP contribution in [0.1, 0.15) is 109 Å². The van der Waals surface area contributed by atoms with E-state index in [-0.39, 0.29) is 22.0 Å². The molecule has 0 aliphatic heterocycles. The Morgan fingerprint density at radius 3 is 1.08 bits per heavy atom. The molecule has 198 valence electrons. The first-order valence-corrected chi connectivity index (χ1v) is 15.1. The van der Waals surface area contributed by atoms with Gasteiger partial charge in [-0.25, -0.2) is 9.59 Å². The largest absolute Gasteiger partial charge is 0.478 e. The summed E-state index contributed by atoms with van der Waals surface area (Å²) in [5, 5.41) is 20.5. The minimum atomic E-state index is -0.978. The smallest absolute Gasteiger partial charge is 0.336 e. The Labute approximate surface area is 224 Å². The van der Waals surface area contributed by atoms with Crippen LogP contribution in [0.2, 0.25) is 0 Å². The molecular formula is C34H38O4. The van der Waals surface area contributed by atoms with Gasteiger partial charge in [-0.05, 0) is 170 Å². The van der Waals surface area contributed by atoms with Crippen molar-refractivity contribution in [3.8, 4) is 11.1 Å². The van der Waals surface area contributed by atoms with Gasteiger partial charge in [-0.3, -0.25) is 0 Å². The van der Waals surface area contributed by atoms with E-state index in [1.165, 1.54) is 88.2 Å². The van der Waals surface area contributed by atoms with Crippen molar-refractivity contribution >= 4 is 11.9 Å². The van der Waals surface area contributed by atoms with E-state index in [4.69, 9.17) is 0 Å². The third-order valence-electron chi connectivity index (χ3n) is 12.1.